The fourth-order valence-electron chi connectivity index (χ4n) is 8.98. The number of allylic oxidation sites excluding steroid dienone is 2. The van der Waals surface area contributed by atoms with Gasteiger partial charge in [-0.05, 0) is 91.4 Å². The second kappa shape index (κ2) is 13.4. The fraction of sp³-hybridized carbons (Fsp3) is 0.268. The largest absolute Gasteiger partial charge is 0.491 e. The summed E-state index contributed by atoms with van der Waals surface area (Å²) in [6.45, 7) is 1.54. The maximum atomic E-state index is 15.3. The summed E-state index contributed by atoms with van der Waals surface area (Å²) >= 11 is 12.8. The molecule has 2 aliphatic carbocycles. The molecule has 6 atom stereocenters. The van der Waals surface area contributed by atoms with Crippen molar-refractivity contribution in [2.24, 2.45) is 23.7 Å². The first-order chi connectivity index (χ1) is 25.6. The van der Waals surface area contributed by atoms with E-state index in [-0.39, 0.29) is 32.0 Å². The summed E-state index contributed by atoms with van der Waals surface area (Å²) in [6.07, 6.45) is 2.27. The molecule has 4 aromatic rings. The van der Waals surface area contributed by atoms with Gasteiger partial charge in [0.25, 0.3) is 11.8 Å². The zero-order valence-corrected chi connectivity index (χ0v) is 30.0. The Balaban J connectivity index is 1.33. The number of halogens is 3. The number of fused-ring (bicyclic) bond motifs is 4. The van der Waals surface area contributed by atoms with Crippen molar-refractivity contribution in [2.75, 3.05) is 23.5 Å². The van der Waals surface area contributed by atoms with Gasteiger partial charge in [0.2, 0.25) is 11.8 Å². The third-order valence-electron chi connectivity index (χ3n) is 11.2. The Bertz CT molecular complexity index is 2190. The molecule has 3 fully saturated rings. The minimum Gasteiger partial charge on any atom is -0.491 e. The summed E-state index contributed by atoms with van der Waals surface area (Å²) in [4.78, 5) is 60.1. The van der Waals surface area contributed by atoms with Crippen LogP contribution in [0.5, 0.6) is 5.75 Å². The van der Waals surface area contributed by atoms with E-state index in [0.717, 1.165) is 16.1 Å². The quantitative estimate of drug-likeness (QED) is 0.147. The van der Waals surface area contributed by atoms with Crippen LogP contribution >= 0.6 is 23.2 Å². The number of anilines is 2. The van der Waals surface area contributed by atoms with E-state index in [0.29, 0.717) is 38.3 Å². The van der Waals surface area contributed by atoms with Crippen LogP contribution in [0.25, 0.3) is 0 Å². The molecule has 4 aliphatic rings. The summed E-state index contributed by atoms with van der Waals surface area (Å²) in [6, 6.07) is 24.4. The summed E-state index contributed by atoms with van der Waals surface area (Å²) in [5, 5.41) is 11.6. The predicted molar refractivity (Wildman–Crippen MR) is 197 cm³/mol. The van der Waals surface area contributed by atoms with Crippen molar-refractivity contribution in [3.8, 4) is 5.75 Å². The molecule has 12 heteroatoms. The van der Waals surface area contributed by atoms with Crippen LogP contribution < -0.4 is 15.1 Å². The average molecular weight is 755 g/mol. The Kier molecular flexibility index (Phi) is 8.87. The van der Waals surface area contributed by atoms with Gasteiger partial charge in [-0.15, -0.1) is 0 Å². The van der Waals surface area contributed by atoms with Gasteiger partial charge in [0.15, 0.2) is 0 Å². The number of aryl methyl sites for hydroxylation is 1. The zero-order valence-electron chi connectivity index (χ0n) is 28.5. The normalized spacial score (nSPS) is 26.3. The van der Waals surface area contributed by atoms with Crippen molar-refractivity contribution in [1.29, 1.82) is 0 Å². The molecular formula is C41H34Cl2FN3O6. The first kappa shape index (κ1) is 35.0. The van der Waals surface area contributed by atoms with Gasteiger partial charge >= 0.3 is 0 Å². The molecule has 8 rings (SSSR count). The lowest BCUT2D eigenvalue weighted by Gasteiger charge is -2.50. The van der Waals surface area contributed by atoms with Crippen molar-refractivity contribution in [1.82, 2.24) is 5.01 Å². The number of rotatable bonds is 8. The number of hydrazine groups is 1. The van der Waals surface area contributed by atoms with E-state index in [1.807, 2.05) is 25.1 Å². The van der Waals surface area contributed by atoms with Crippen molar-refractivity contribution >= 4 is 58.2 Å². The second-order valence-electron chi connectivity index (χ2n) is 13.9. The van der Waals surface area contributed by atoms with E-state index >= 15 is 4.79 Å². The van der Waals surface area contributed by atoms with Crippen LogP contribution in [0.3, 0.4) is 0 Å². The lowest BCUT2D eigenvalue weighted by molar-refractivity contribution is -0.138. The molecule has 2 saturated heterocycles. The van der Waals surface area contributed by atoms with E-state index < -0.39 is 58.5 Å². The third-order valence-corrected chi connectivity index (χ3v) is 11.9. The second-order valence-corrected chi connectivity index (χ2v) is 14.8. The number of hydrogen-bond donors (Lipinski definition) is 2. The molecule has 0 spiro atoms. The Morgan fingerprint density at radius 2 is 1.64 bits per heavy atom. The molecule has 2 N–H and O–H groups in total. The third kappa shape index (κ3) is 5.45. The van der Waals surface area contributed by atoms with Gasteiger partial charge < -0.3 is 9.84 Å². The standard InChI is InChI=1S/C41H34Cl2FN3O6/c1-22-6-15-27(20-33(22)43)46-37(49)30-17-16-28-31(35(30)39(46)51)21-32-38(50)47(45-26-13-11-25(44)12-14-26)40(52)41(32,23-7-9-24(42)10-8-23)36(28)29-4-2-3-5-34(29)53-19-18-48/h2-16,20,30-32,35-36,45,48H,17-19,21H2,1H3/t30-,31+,32-,35-,36+,41+/m0/s1. The molecule has 4 amide bonds. The number of carbonyl (C=O) groups excluding carboxylic acids is 4. The highest BCUT2D eigenvalue weighted by Gasteiger charge is 2.70. The van der Waals surface area contributed by atoms with E-state index in [4.69, 9.17) is 27.9 Å². The summed E-state index contributed by atoms with van der Waals surface area (Å²) in [7, 11) is 0. The SMILES string of the molecule is Cc1ccc(N2C(=O)[C@H]3[C@H](CC=C4[C@H]3C[C@H]3C(=O)N(Nc5ccc(F)cc5)C(=O)[C@@]3(c3ccc(Cl)cc3)[C@H]4c3ccccc3OCCO)C2=O)cc1Cl. The van der Waals surface area contributed by atoms with Gasteiger partial charge in [-0.3, -0.25) is 24.6 Å². The first-order valence-corrected chi connectivity index (χ1v) is 18.1. The molecule has 0 aromatic heterocycles. The zero-order chi connectivity index (χ0) is 37.2. The topological polar surface area (TPSA) is 116 Å². The van der Waals surface area contributed by atoms with Crippen molar-refractivity contribution in [3.05, 3.63) is 135 Å². The molecular weight excluding hydrogens is 720 g/mol. The average Bonchev–Trinajstić information content (AvgIpc) is 3.54. The Labute approximate surface area is 314 Å². The summed E-state index contributed by atoms with van der Waals surface area (Å²) in [5.41, 5.74) is 4.73. The summed E-state index contributed by atoms with van der Waals surface area (Å²) in [5.74, 6) is -5.90. The number of para-hydroxylation sites is 1. The van der Waals surface area contributed by atoms with Crippen LogP contribution in [0, 0.1) is 36.4 Å². The number of carbonyl (C=O) groups is 4. The van der Waals surface area contributed by atoms with E-state index in [9.17, 15) is 23.9 Å². The molecule has 2 heterocycles. The van der Waals surface area contributed by atoms with Gasteiger partial charge in [-0.2, -0.15) is 5.01 Å². The molecule has 0 unspecified atom stereocenters. The maximum absolute atomic E-state index is 15.3. The van der Waals surface area contributed by atoms with Crippen LogP contribution in [0.15, 0.2) is 103 Å². The lowest BCUT2D eigenvalue weighted by Crippen LogP contribution is -2.53. The van der Waals surface area contributed by atoms with Crippen molar-refractivity contribution < 1.29 is 33.4 Å². The maximum Gasteiger partial charge on any atom is 0.260 e. The van der Waals surface area contributed by atoms with E-state index in [2.05, 4.69) is 5.43 Å². The molecule has 0 radical (unpaired) electrons. The molecule has 2 aliphatic heterocycles. The number of imide groups is 2. The number of aliphatic hydroxyl groups excluding tert-OH is 1. The van der Waals surface area contributed by atoms with Crippen molar-refractivity contribution in [3.63, 3.8) is 0 Å². The predicted octanol–water partition coefficient (Wildman–Crippen LogP) is 7.00. The first-order valence-electron chi connectivity index (χ1n) is 17.4. The molecule has 53 heavy (non-hydrogen) atoms. The number of ether oxygens (including phenoxy) is 1. The highest BCUT2D eigenvalue weighted by molar-refractivity contribution is 6.32. The van der Waals surface area contributed by atoms with Gasteiger partial charge in [-0.1, -0.05) is 71.2 Å². The van der Waals surface area contributed by atoms with Crippen LogP contribution in [0.4, 0.5) is 15.8 Å². The monoisotopic (exact) mass is 753 g/mol. The van der Waals surface area contributed by atoms with E-state index in [1.54, 1.807) is 54.6 Å². The minimum absolute atomic E-state index is 0.0273. The van der Waals surface area contributed by atoms with Gasteiger partial charge in [0, 0.05) is 21.5 Å². The molecule has 1 saturated carbocycles. The number of nitrogens with zero attached hydrogens (tertiary/aromatic N) is 2. The van der Waals surface area contributed by atoms with Gasteiger partial charge in [0.1, 0.15) is 18.2 Å². The Hall–Kier alpha value is -5.03. The van der Waals surface area contributed by atoms with Crippen molar-refractivity contribution in [2.45, 2.75) is 31.1 Å². The Morgan fingerprint density at radius 3 is 2.36 bits per heavy atom. The smallest absolute Gasteiger partial charge is 0.260 e. The minimum atomic E-state index is -1.57. The number of amides is 4. The van der Waals surface area contributed by atoms with Gasteiger partial charge in [0.05, 0.1) is 41.2 Å². The van der Waals surface area contributed by atoms with E-state index in [1.165, 1.54) is 29.2 Å². The Morgan fingerprint density at radius 1 is 0.906 bits per heavy atom. The number of benzene rings is 4. The number of nitrogens with one attached hydrogen (secondary N) is 1. The lowest BCUT2D eigenvalue weighted by atomic mass is 9.49. The van der Waals surface area contributed by atoms with Crippen LogP contribution in [-0.2, 0) is 24.6 Å². The highest BCUT2D eigenvalue weighted by Crippen LogP contribution is 2.65. The number of aliphatic hydroxyl groups is 1. The van der Waals surface area contributed by atoms with Crippen LogP contribution in [-0.4, -0.2) is 47.0 Å². The van der Waals surface area contributed by atoms with Gasteiger partial charge in [-0.25, -0.2) is 9.29 Å². The molecule has 9 nitrogen and oxygen atoms in total. The fourth-order valence-corrected chi connectivity index (χ4v) is 9.28. The summed E-state index contributed by atoms with van der Waals surface area (Å²) < 4.78 is 20.0. The molecule has 0 bridgehead atoms. The molecule has 4 aromatic carbocycles. The molecule has 270 valence electrons. The van der Waals surface area contributed by atoms with Crippen LogP contribution in [0.2, 0.25) is 10.0 Å². The van der Waals surface area contributed by atoms with Crippen LogP contribution in [0.1, 0.15) is 35.4 Å². The highest BCUT2D eigenvalue weighted by atomic mass is 35.5. The number of hydrogen-bond acceptors (Lipinski definition) is 7.